The van der Waals surface area contributed by atoms with Crippen molar-refractivity contribution in [2.45, 2.75) is 13.8 Å². The van der Waals surface area contributed by atoms with Gasteiger partial charge in [0.05, 0.1) is 11.1 Å². The van der Waals surface area contributed by atoms with Crippen LogP contribution in [0, 0.1) is 6.92 Å². The number of likely N-dealkylation sites (N-methyl/N-ethyl adjacent to an activating group) is 1. The van der Waals surface area contributed by atoms with Crippen LogP contribution in [0.5, 0.6) is 0 Å². The average molecular weight is 289 g/mol. The molecule has 0 saturated carbocycles. The van der Waals surface area contributed by atoms with Crippen molar-refractivity contribution in [2.24, 2.45) is 0 Å². The van der Waals surface area contributed by atoms with Crippen molar-refractivity contribution in [3.8, 4) is 11.5 Å². The molecule has 0 unspecified atom stereocenters. The van der Waals surface area contributed by atoms with Gasteiger partial charge in [-0.15, -0.1) is 0 Å². The summed E-state index contributed by atoms with van der Waals surface area (Å²) in [5.74, 6) is -0.740. The summed E-state index contributed by atoms with van der Waals surface area (Å²) in [6.45, 7) is 3.34. The summed E-state index contributed by atoms with van der Waals surface area (Å²) in [6.07, 6.45) is 0. The van der Waals surface area contributed by atoms with E-state index in [9.17, 15) is 9.59 Å². The molecule has 2 rings (SSSR count). The summed E-state index contributed by atoms with van der Waals surface area (Å²) >= 11 is 0. The van der Waals surface area contributed by atoms with Crippen LogP contribution in [0.2, 0.25) is 0 Å². The number of hydrogen-bond donors (Lipinski definition) is 1. The minimum Gasteiger partial charge on any atom is -0.480 e. The van der Waals surface area contributed by atoms with Crippen LogP contribution in [-0.4, -0.2) is 45.1 Å². The zero-order valence-corrected chi connectivity index (χ0v) is 11.7. The van der Waals surface area contributed by atoms with Crippen molar-refractivity contribution < 1.29 is 19.2 Å². The molecule has 1 aromatic heterocycles. The Morgan fingerprint density at radius 3 is 2.62 bits per heavy atom. The maximum atomic E-state index is 12.5. The molecule has 0 radical (unpaired) electrons. The van der Waals surface area contributed by atoms with E-state index in [2.05, 4.69) is 10.1 Å². The van der Waals surface area contributed by atoms with E-state index < -0.39 is 5.97 Å². The number of aryl methyl sites for hydroxylation is 1. The van der Waals surface area contributed by atoms with Crippen LogP contribution in [0.25, 0.3) is 11.5 Å². The molecule has 0 bridgehead atoms. The highest BCUT2D eigenvalue weighted by Gasteiger charge is 2.22. The molecule has 1 amide bonds. The highest BCUT2D eigenvalue weighted by molar-refractivity contribution is 6.01. The molecule has 1 aromatic carbocycles. The Morgan fingerprint density at radius 2 is 2.05 bits per heavy atom. The van der Waals surface area contributed by atoms with Gasteiger partial charge >= 0.3 is 5.97 Å². The molecule has 7 heteroatoms. The van der Waals surface area contributed by atoms with Crippen LogP contribution in [-0.2, 0) is 4.79 Å². The molecule has 0 spiro atoms. The third-order valence-corrected chi connectivity index (χ3v) is 2.91. The zero-order chi connectivity index (χ0) is 15.4. The number of rotatable bonds is 5. The quantitative estimate of drug-likeness (QED) is 0.897. The lowest BCUT2D eigenvalue weighted by Gasteiger charge is -2.19. The molecule has 0 atom stereocenters. The number of hydrogen-bond acceptors (Lipinski definition) is 5. The Balaban J connectivity index is 2.39. The number of carboxylic acid groups (broad SMARTS) is 1. The van der Waals surface area contributed by atoms with Gasteiger partial charge < -0.3 is 14.5 Å². The highest BCUT2D eigenvalue weighted by atomic mass is 16.5. The minimum atomic E-state index is -1.06. The first-order chi connectivity index (χ1) is 10.0. The Morgan fingerprint density at radius 1 is 1.33 bits per heavy atom. The number of carbonyl (C=O) groups is 2. The molecule has 110 valence electrons. The first kappa shape index (κ1) is 14.7. The van der Waals surface area contributed by atoms with E-state index in [1.54, 1.807) is 38.1 Å². The molecule has 7 nitrogen and oxygen atoms in total. The maximum Gasteiger partial charge on any atom is 0.323 e. The largest absolute Gasteiger partial charge is 0.480 e. The zero-order valence-electron chi connectivity index (χ0n) is 11.7. The molecule has 2 aromatic rings. The summed E-state index contributed by atoms with van der Waals surface area (Å²) in [4.78, 5) is 28.7. The van der Waals surface area contributed by atoms with Crippen molar-refractivity contribution >= 4 is 11.9 Å². The van der Waals surface area contributed by atoms with Gasteiger partial charge in [-0.1, -0.05) is 17.3 Å². The Hall–Kier alpha value is -2.70. The van der Waals surface area contributed by atoms with Crippen LogP contribution in [0.1, 0.15) is 23.1 Å². The van der Waals surface area contributed by atoms with Gasteiger partial charge in [-0.2, -0.15) is 4.98 Å². The van der Waals surface area contributed by atoms with Gasteiger partial charge in [0.15, 0.2) is 5.82 Å². The number of benzene rings is 1. The lowest BCUT2D eigenvalue weighted by Crippen LogP contribution is -2.35. The van der Waals surface area contributed by atoms with Crippen LogP contribution in [0.15, 0.2) is 28.8 Å². The van der Waals surface area contributed by atoms with Crippen molar-refractivity contribution in [3.05, 3.63) is 35.7 Å². The van der Waals surface area contributed by atoms with E-state index in [0.717, 1.165) is 0 Å². The summed E-state index contributed by atoms with van der Waals surface area (Å²) < 4.78 is 5.09. The standard InChI is InChI=1S/C14H15N3O4/c1-3-17(8-12(18)19)14(20)11-7-5-4-6-10(11)13-15-9(2)16-21-13/h4-7H,3,8H2,1-2H3,(H,18,19). The molecule has 0 aliphatic carbocycles. The second kappa shape index (κ2) is 6.17. The van der Waals surface area contributed by atoms with Crippen LogP contribution >= 0.6 is 0 Å². The molecule has 0 fully saturated rings. The summed E-state index contributed by atoms with van der Waals surface area (Å²) in [7, 11) is 0. The monoisotopic (exact) mass is 289 g/mol. The Bertz CT molecular complexity index is 666. The van der Waals surface area contributed by atoms with Gasteiger partial charge in [0, 0.05) is 6.54 Å². The molecule has 1 heterocycles. The van der Waals surface area contributed by atoms with E-state index in [1.165, 1.54) is 4.90 Å². The SMILES string of the molecule is CCN(CC(=O)O)C(=O)c1ccccc1-c1nc(C)no1. The number of carboxylic acids is 1. The van der Waals surface area contributed by atoms with Crippen molar-refractivity contribution in [2.75, 3.05) is 13.1 Å². The molecule has 0 saturated heterocycles. The van der Waals surface area contributed by atoms with Gasteiger partial charge in [0.1, 0.15) is 6.54 Å². The predicted molar refractivity (Wildman–Crippen MR) is 73.7 cm³/mol. The number of aliphatic carboxylic acids is 1. The van der Waals surface area contributed by atoms with E-state index in [0.29, 0.717) is 23.5 Å². The molecular formula is C14H15N3O4. The summed E-state index contributed by atoms with van der Waals surface area (Å²) in [6, 6.07) is 6.75. The van der Waals surface area contributed by atoms with Gasteiger partial charge in [-0.05, 0) is 26.0 Å². The topological polar surface area (TPSA) is 96.5 Å². The van der Waals surface area contributed by atoms with Gasteiger partial charge in [-0.3, -0.25) is 9.59 Å². The lowest BCUT2D eigenvalue weighted by molar-refractivity contribution is -0.137. The predicted octanol–water partition coefficient (Wildman–Crippen LogP) is 1.59. The molecular weight excluding hydrogens is 274 g/mol. The van der Waals surface area contributed by atoms with E-state index in [4.69, 9.17) is 9.63 Å². The Labute approximate surface area is 121 Å². The third kappa shape index (κ3) is 3.25. The Kier molecular flexibility index (Phi) is 4.32. The minimum absolute atomic E-state index is 0.239. The van der Waals surface area contributed by atoms with Crippen molar-refractivity contribution in [3.63, 3.8) is 0 Å². The lowest BCUT2D eigenvalue weighted by atomic mass is 10.1. The second-order valence-electron chi connectivity index (χ2n) is 4.41. The smallest absolute Gasteiger partial charge is 0.323 e. The highest BCUT2D eigenvalue weighted by Crippen LogP contribution is 2.23. The summed E-state index contributed by atoms with van der Waals surface area (Å²) in [5.41, 5.74) is 0.830. The van der Waals surface area contributed by atoms with Gasteiger partial charge in [-0.25, -0.2) is 0 Å². The second-order valence-corrected chi connectivity index (χ2v) is 4.41. The molecule has 0 aliphatic heterocycles. The molecule has 0 aliphatic rings. The third-order valence-electron chi connectivity index (χ3n) is 2.91. The fourth-order valence-corrected chi connectivity index (χ4v) is 1.92. The van der Waals surface area contributed by atoms with Crippen molar-refractivity contribution in [1.82, 2.24) is 15.0 Å². The van der Waals surface area contributed by atoms with E-state index >= 15 is 0 Å². The van der Waals surface area contributed by atoms with E-state index in [-0.39, 0.29) is 18.3 Å². The first-order valence-corrected chi connectivity index (χ1v) is 6.43. The molecule has 1 N–H and O–H groups in total. The fourth-order valence-electron chi connectivity index (χ4n) is 1.92. The number of amides is 1. The maximum absolute atomic E-state index is 12.5. The van der Waals surface area contributed by atoms with Crippen LogP contribution in [0.3, 0.4) is 0 Å². The normalized spacial score (nSPS) is 10.4. The number of carbonyl (C=O) groups excluding carboxylic acids is 1. The van der Waals surface area contributed by atoms with Gasteiger partial charge in [0.2, 0.25) is 0 Å². The van der Waals surface area contributed by atoms with Crippen LogP contribution < -0.4 is 0 Å². The molecule has 21 heavy (non-hydrogen) atoms. The number of nitrogens with zero attached hydrogens (tertiary/aromatic N) is 3. The van der Waals surface area contributed by atoms with E-state index in [1.807, 2.05) is 0 Å². The summed E-state index contributed by atoms with van der Waals surface area (Å²) in [5, 5.41) is 12.6. The first-order valence-electron chi connectivity index (χ1n) is 6.43. The van der Waals surface area contributed by atoms with Gasteiger partial charge in [0.25, 0.3) is 11.8 Å². The number of aromatic nitrogens is 2. The fraction of sp³-hybridized carbons (Fsp3) is 0.286. The average Bonchev–Trinajstić information content (AvgIpc) is 2.90. The van der Waals surface area contributed by atoms with Crippen LogP contribution in [0.4, 0.5) is 0 Å². The van der Waals surface area contributed by atoms with Crippen molar-refractivity contribution in [1.29, 1.82) is 0 Å².